The fraction of sp³-hybridized carbons (Fsp3) is 0.364. The number of rotatable bonds is 7. The number of aliphatic hydroxyl groups excluding tert-OH is 1. The van der Waals surface area contributed by atoms with Gasteiger partial charge in [0.2, 0.25) is 10.0 Å². The van der Waals surface area contributed by atoms with Gasteiger partial charge in [0, 0.05) is 25.1 Å². The Hall–Kier alpha value is -3.56. The summed E-state index contributed by atoms with van der Waals surface area (Å²) in [4.78, 5) is 34.5. The van der Waals surface area contributed by atoms with Gasteiger partial charge < -0.3 is 15.2 Å². The van der Waals surface area contributed by atoms with E-state index in [2.05, 4.69) is 0 Å². The number of benzene rings is 2. The Morgan fingerprint density at radius 2 is 1.86 bits per heavy atom. The van der Waals surface area contributed by atoms with Gasteiger partial charge in [-0.25, -0.2) is 8.42 Å². The summed E-state index contributed by atoms with van der Waals surface area (Å²) in [6.45, 7) is 2.01. The van der Waals surface area contributed by atoms with E-state index in [-0.39, 0.29) is 17.4 Å². The van der Waals surface area contributed by atoms with Crippen molar-refractivity contribution < 1.29 is 45.9 Å². The second-order valence-corrected chi connectivity index (χ2v) is 10.3. The Balaban J connectivity index is 1.73. The number of β-amino-alcohol motifs (C(OH)–C–C–N with tert-alkyl or cyclic N) is 1. The summed E-state index contributed by atoms with van der Waals surface area (Å²) in [5.41, 5.74) is -1.60. The van der Waals surface area contributed by atoms with Crippen molar-refractivity contribution in [1.29, 1.82) is 0 Å². The van der Waals surface area contributed by atoms with Crippen LogP contribution in [0.15, 0.2) is 41.3 Å². The largest absolute Gasteiger partial charge is 0.454 e. The Bertz CT molecular complexity index is 1350. The third kappa shape index (κ3) is 6.23. The number of esters is 1. The number of sulfonamides is 1. The van der Waals surface area contributed by atoms with Gasteiger partial charge in [-0.3, -0.25) is 19.7 Å². The predicted octanol–water partition coefficient (Wildman–Crippen LogP) is 2.54. The predicted molar refractivity (Wildman–Crippen MR) is 122 cm³/mol. The number of halogens is 3. The molecular weight excluding hydrogens is 523 g/mol. The molecule has 37 heavy (non-hydrogen) atoms. The Kier molecular flexibility index (Phi) is 7.90. The minimum Gasteiger partial charge on any atom is -0.454 e. The van der Waals surface area contributed by atoms with E-state index in [0.29, 0.717) is 11.6 Å². The van der Waals surface area contributed by atoms with Crippen molar-refractivity contribution in [2.24, 2.45) is 0 Å². The highest BCUT2D eigenvalue weighted by Crippen LogP contribution is 2.37. The van der Waals surface area contributed by atoms with Crippen LogP contribution in [-0.2, 0) is 30.5 Å². The molecule has 0 aliphatic carbocycles. The Morgan fingerprint density at radius 1 is 1.19 bits per heavy atom. The van der Waals surface area contributed by atoms with Crippen LogP contribution in [0.4, 0.5) is 24.5 Å². The summed E-state index contributed by atoms with van der Waals surface area (Å²) >= 11 is 0. The number of aryl methyl sites for hydroxylation is 2. The van der Waals surface area contributed by atoms with Crippen LogP contribution in [-0.4, -0.2) is 59.9 Å². The van der Waals surface area contributed by atoms with Gasteiger partial charge in [0.25, 0.3) is 11.6 Å². The van der Waals surface area contributed by atoms with E-state index in [9.17, 15) is 46.4 Å². The highest BCUT2D eigenvalue weighted by molar-refractivity contribution is 7.89. The molecule has 3 rings (SSSR count). The molecule has 2 aromatic carbocycles. The molecule has 15 heteroatoms. The number of hydrogen-bond donors (Lipinski definition) is 2. The summed E-state index contributed by atoms with van der Waals surface area (Å²) in [5, 5.41) is 22.7. The Morgan fingerprint density at radius 3 is 2.46 bits per heavy atom. The molecule has 1 heterocycles. The molecule has 0 bridgehead atoms. The van der Waals surface area contributed by atoms with Gasteiger partial charge in [-0.15, -0.1) is 0 Å². The molecular formula is C22H22F3N3O8S. The molecule has 1 saturated heterocycles. The number of carbonyl (C=O) groups excluding carboxylic acids is 2. The number of anilines is 1. The molecule has 1 aliphatic rings. The third-order valence-electron chi connectivity index (χ3n) is 5.73. The summed E-state index contributed by atoms with van der Waals surface area (Å²) in [7, 11) is -4.23. The van der Waals surface area contributed by atoms with Crippen LogP contribution in [0.2, 0.25) is 0 Å². The molecule has 1 aliphatic heterocycles. The van der Waals surface area contributed by atoms with Crippen LogP contribution in [0.5, 0.6) is 0 Å². The number of aliphatic hydroxyl groups is 1. The van der Waals surface area contributed by atoms with E-state index in [1.54, 1.807) is 19.9 Å². The molecule has 1 fully saturated rings. The van der Waals surface area contributed by atoms with Crippen LogP contribution in [0.25, 0.3) is 0 Å². The number of nitro groups is 1. The maximum atomic E-state index is 13.3. The Labute approximate surface area is 209 Å². The van der Waals surface area contributed by atoms with Crippen molar-refractivity contribution in [3.05, 3.63) is 63.2 Å². The number of hydrogen-bond acceptors (Lipinski definition) is 8. The molecule has 2 N–H and O–H groups in total. The highest BCUT2D eigenvalue weighted by atomic mass is 32.2. The first-order valence-corrected chi connectivity index (χ1v) is 12.1. The molecule has 0 unspecified atom stereocenters. The molecule has 0 radical (unpaired) electrons. The summed E-state index contributed by atoms with van der Waals surface area (Å²) in [5.74, 6) is -2.38. The minimum atomic E-state index is -5.03. The fourth-order valence-electron chi connectivity index (χ4n) is 3.68. The van der Waals surface area contributed by atoms with E-state index in [1.807, 2.05) is 5.32 Å². The van der Waals surface area contributed by atoms with Crippen LogP contribution in [0.3, 0.4) is 0 Å². The summed E-state index contributed by atoms with van der Waals surface area (Å²) in [6.07, 6.45) is -6.54. The van der Waals surface area contributed by atoms with Crippen molar-refractivity contribution in [3.63, 3.8) is 0 Å². The van der Waals surface area contributed by atoms with Gasteiger partial charge in [-0.05, 0) is 43.2 Å². The maximum absolute atomic E-state index is 13.3. The number of nitrogens with one attached hydrogen (secondary N) is 1. The first-order chi connectivity index (χ1) is 17.1. The van der Waals surface area contributed by atoms with Crippen LogP contribution in [0.1, 0.15) is 23.1 Å². The number of carbonyl (C=O) groups is 2. The highest BCUT2D eigenvalue weighted by Gasteiger charge is 2.44. The first kappa shape index (κ1) is 28.0. The smallest absolute Gasteiger partial charge is 0.418 e. The zero-order chi connectivity index (χ0) is 27.7. The number of nitrogens with zero attached hydrogens (tertiary/aromatic N) is 2. The van der Waals surface area contributed by atoms with Crippen molar-refractivity contribution in [1.82, 2.24) is 4.31 Å². The van der Waals surface area contributed by atoms with E-state index in [4.69, 9.17) is 4.74 Å². The van der Waals surface area contributed by atoms with Crippen LogP contribution in [0, 0.1) is 24.0 Å². The topological polar surface area (TPSA) is 156 Å². The van der Waals surface area contributed by atoms with Crippen LogP contribution >= 0.6 is 0 Å². The minimum absolute atomic E-state index is 0.113. The average Bonchev–Trinajstić information content (AvgIpc) is 3.21. The number of amides is 1. The van der Waals surface area contributed by atoms with Gasteiger partial charge in [0.05, 0.1) is 27.2 Å². The van der Waals surface area contributed by atoms with Crippen LogP contribution < -0.4 is 5.32 Å². The number of non-ortho nitro benzene ring substituents is 1. The first-order valence-electron chi connectivity index (χ1n) is 10.7. The lowest BCUT2D eigenvalue weighted by molar-refractivity contribution is -0.385. The second-order valence-electron chi connectivity index (χ2n) is 8.37. The lowest BCUT2D eigenvalue weighted by Gasteiger charge is -2.23. The molecule has 2 atom stereocenters. The molecule has 0 spiro atoms. The maximum Gasteiger partial charge on any atom is 0.418 e. The third-order valence-corrected chi connectivity index (χ3v) is 7.60. The van der Waals surface area contributed by atoms with Gasteiger partial charge in [0.1, 0.15) is 6.04 Å². The molecule has 0 aromatic heterocycles. The van der Waals surface area contributed by atoms with Gasteiger partial charge in [0.15, 0.2) is 6.61 Å². The van der Waals surface area contributed by atoms with Gasteiger partial charge in [-0.2, -0.15) is 17.5 Å². The normalized spacial score (nSPS) is 18.4. The quantitative estimate of drug-likeness (QED) is 0.305. The monoisotopic (exact) mass is 545 g/mol. The number of alkyl halides is 3. The summed E-state index contributed by atoms with van der Waals surface area (Å²) in [6, 6.07) is 4.56. The van der Waals surface area contributed by atoms with Gasteiger partial charge in [-0.1, -0.05) is 6.07 Å². The molecule has 1 amide bonds. The summed E-state index contributed by atoms with van der Waals surface area (Å²) < 4.78 is 71.7. The van der Waals surface area contributed by atoms with E-state index in [1.165, 1.54) is 12.1 Å². The lowest BCUT2D eigenvalue weighted by atomic mass is 10.1. The van der Waals surface area contributed by atoms with Gasteiger partial charge >= 0.3 is 12.1 Å². The second kappa shape index (κ2) is 10.4. The molecule has 200 valence electrons. The molecule has 2 aromatic rings. The van der Waals surface area contributed by atoms with Crippen molar-refractivity contribution in [3.8, 4) is 0 Å². The van der Waals surface area contributed by atoms with Crippen molar-refractivity contribution in [2.75, 3.05) is 18.5 Å². The fourth-order valence-corrected chi connectivity index (χ4v) is 5.39. The van der Waals surface area contributed by atoms with E-state index < -0.39 is 75.2 Å². The van der Waals surface area contributed by atoms with Crippen molar-refractivity contribution >= 4 is 33.3 Å². The van der Waals surface area contributed by atoms with E-state index >= 15 is 0 Å². The standard InChI is InChI=1S/C22H22F3N3O8S/c1-12-3-5-16(7-13(12)2)37(34,35)27-10-15(29)9-19(27)21(31)36-11-20(30)26-18-6-4-14(28(32)33)8-17(18)22(23,24)25/h3-8,15,19,29H,9-11H2,1-2H3,(H,26,30)/t15-,19-/m0/s1. The van der Waals surface area contributed by atoms with E-state index in [0.717, 1.165) is 15.9 Å². The lowest BCUT2D eigenvalue weighted by Crippen LogP contribution is -2.42. The molecule has 11 nitrogen and oxygen atoms in total. The average molecular weight is 545 g/mol. The number of ether oxygens (including phenoxy) is 1. The number of nitro benzene ring substituents is 1. The zero-order valence-corrected chi connectivity index (χ0v) is 20.3. The SMILES string of the molecule is Cc1ccc(S(=O)(=O)N2C[C@@H](O)C[C@H]2C(=O)OCC(=O)Nc2ccc([N+](=O)[O-])cc2C(F)(F)F)cc1C. The zero-order valence-electron chi connectivity index (χ0n) is 19.5. The molecule has 0 saturated carbocycles. The van der Waals surface area contributed by atoms with Crippen molar-refractivity contribution in [2.45, 2.75) is 43.5 Å².